The minimum Gasteiger partial charge on any atom is -0.436 e. The minimum absolute atomic E-state index is 0.698. The van der Waals surface area contributed by atoms with Crippen molar-refractivity contribution < 1.29 is 21.3 Å². The fourth-order valence-corrected chi connectivity index (χ4v) is 25.8. The highest BCUT2D eigenvalue weighted by Gasteiger charge is 2.45. The monoisotopic (exact) mass is 429 g/mol. The number of nitrogens with two attached hydrogens (primary N) is 1. The summed E-state index contributed by atoms with van der Waals surface area (Å²) in [5, 5.41) is 0. The number of hydrogen-bond donors (Lipinski definition) is 2. The number of hydrogen-bond acceptors (Lipinski definition) is 6. The molecule has 0 rings (SSSR count). The minimum atomic E-state index is -2.63. The zero-order chi connectivity index (χ0) is 19.4. The van der Waals surface area contributed by atoms with Crippen LogP contribution in [0.1, 0.15) is 6.42 Å². The lowest BCUT2D eigenvalue weighted by Crippen LogP contribution is -2.58. The van der Waals surface area contributed by atoms with Gasteiger partial charge in [0.2, 0.25) is 0 Å². The normalized spacial score (nSPS) is 15.0. The van der Waals surface area contributed by atoms with Crippen molar-refractivity contribution in [2.75, 3.05) is 6.54 Å². The van der Waals surface area contributed by atoms with Gasteiger partial charge in [0, 0.05) is 0 Å². The largest absolute Gasteiger partial charge is 0.436 e. The van der Waals surface area contributed by atoms with E-state index in [9.17, 15) is 4.80 Å². The molecule has 0 unspecified atom stereocenters. The molecule has 0 saturated heterocycles. The van der Waals surface area contributed by atoms with Crippen molar-refractivity contribution in [3.05, 3.63) is 0 Å². The van der Waals surface area contributed by atoms with Crippen molar-refractivity contribution >= 4 is 42.6 Å². The lowest BCUT2D eigenvalue weighted by Gasteiger charge is -2.41. The molecule has 0 aromatic heterocycles. The molecule has 6 nitrogen and oxygen atoms in total. The third kappa shape index (κ3) is 12.2. The summed E-state index contributed by atoms with van der Waals surface area (Å²) < 4.78 is 25.0. The molecule has 0 bridgehead atoms. The molecule has 0 aromatic rings. The van der Waals surface area contributed by atoms with Gasteiger partial charge in [0.05, 0.1) is 0 Å². The Kier molecular flexibility index (Phi) is 8.99. The molecule has 3 N–H and O–H groups in total. The van der Waals surface area contributed by atoms with Crippen LogP contribution in [0.15, 0.2) is 0 Å². The summed E-state index contributed by atoms with van der Waals surface area (Å²) in [6, 6.07) is 1.04. The molecule has 0 saturated carbocycles. The van der Waals surface area contributed by atoms with Crippen molar-refractivity contribution in [3.63, 3.8) is 0 Å². The molecule has 0 radical (unpaired) electrons. The Balaban J connectivity index is 4.87. The molecule has 0 atom stereocenters. The topological polar surface area (TPSA) is 83.2 Å². The molecule has 0 spiro atoms. The summed E-state index contributed by atoms with van der Waals surface area (Å²) in [7, 11) is -11.6. The van der Waals surface area contributed by atoms with Gasteiger partial charge in [0.1, 0.15) is 0 Å². The first-order valence-corrected chi connectivity index (χ1v) is 23.0. The van der Waals surface area contributed by atoms with Gasteiger partial charge in [0.15, 0.2) is 8.32 Å². The Morgan fingerprint density at radius 2 is 1.04 bits per heavy atom. The maximum atomic E-state index is 10.0. The Labute approximate surface area is 154 Å². The first-order valence-electron chi connectivity index (χ1n) is 8.62. The third-order valence-corrected chi connectivity index (χ3v) is 20.5. The van der Waals surface area contributed by atoms with E-state index in [0.717, 1.165) is 12.5 Å². The molecule has 146 valence electrons. The van der Waals surface area contributed by atoms with Gasteiger partial charge in [-0.05, 0) is 84.5 Å². The van der Waals surface area contributed by atoms with E-state index in [1.807, 2.05) is 26.2 Å². The van der Waals surface area contributed by atoms with Gasteiger partial charge < -0.3 is 27.0 Å². The van der Waals surface area contributed by atoms with Gasteiger partial charge in [-0.15, -0.1) is 0 Å². The van der Waals surface area contributed by atoms with Crippen LogP contribution in [0.25, 0.3) is 0 Å². The summed E-state index contributed by atoms with van der Waals surface area (Å²) in [5.41, 5.74) is 5.63. The Bertz CT molecular complexity index is 399. The summed E-state index contributed by atoms with van der Waals surface area (Å²) in [6.45, 7) is 20.8. The van der Waals surface area contributed by atoms with Crippen molar-refractivity contribution in [2.45, 2.75) is 77.9 Å². The maximum absolute atomic E-state index is 10.0. The molecule has 24 heavy (non-hydrogen) atoms. The van der Waals surface area contributed by atoms with Crippen LogP contribution < -0.4 is 5.73 Å². The summed E-state index contributed by atoms with van der Waals surface area (Å²) in [4.78, 5) is 10.0. The van der Waals surface area contributed by atoms with Crippen LogP contribution >= 0.6 is 0 Å². The zero-order valence-electron chi connectivity index (χ0n) is 17.3. The molecule has 0 fully saturated rings. The molecular weight excluding hydrogens is 391 g/mol. The van der Waals surface area contributed by atoms with Crippen LogP contribution in [-0.4, -0.2) is 53.9 Å². The van der Waals surface area contributed by atoms with E-state index in [4.69, 9.17) is 22.2 Å². The van der Waals surface area contributed by atoms with Crippen molar-refractivity contribution in [1.82, 2.24) is 0 Å². The molecule has 0 aliphatic heterocycles. The molecular formula is C13H39NO5Si5. The van der Waals surface area contributed by atoms with E-state index >= 15 is 0 Å². The Morgan fingerprint density at radius 3 is 1.42 bits per heavy atom. The highest BCUT2D eigenvalue weighted by molar-refractivity contribution is 6.89. The SMILES string of the molecule is C[Si](C)(O)O[Si](C)(C)O[Si](C)(C)O[Si](C)(C)O[Si](C)(C)CCCN. The predicted octanol–water partition coefficient (Wildman–Crippen LogP) is 3.41. The quantitative estimate of drug-likeness (QED) is 0.490. The van der Waals surface area contributed by atoms with Crippen LogP contribution in [0.4, 0.5) is 0 Å². The second kappa shape index (κ2) is 8.69. The van der Waals surface area contributed by atoms with Crippen molar-refractivity contribution in [1.29, 1.82) is 0 Å². The maximum Gasteiger partial charge on any atom is 0.320 e. The molecule has 0 amide bonds. The van der Waals surface area contributed by atoms with E-state index in [1.54, 1.807) is 13.1 Å². The standard InChI is InChI=1S/C13H39NO5Si5/c1-20(2,13-11-12-14)16-22(5,6)18-24(9,10)19-23(7,8)17-21(3,4)15/h15H,11-14H2,1-10H3. The van der Waals surface area contributed by atoms with Gasteiger partial charge >= 0.3 is 34.2 Å². The van der Waals surface area contributed by atoms with Crippen LogP contribution in [0.3, 0.4) is 0 Å². The van der Waals surface area contributed by atoms with Gasteiger partial charge in [-0.25, -0.2) is 0 Å². The van der Waals surface area contributed by atoms with Crippen LogP contribution in [0, 0.1) is 0 Å². The van der Waals surface area contributed by atoms with Crippen LogP contribution in [0.5, 0.6) is 0 Å². The Morgan fingerprint density at radius 1 is 0.667 bits per heavy atom. The predicted molar refractivity (Wildman–Crippen MR) is 112 cm³/mol. The zero-order valence-corrected chi connectivity index (χ0v) is 22.3. The van der Waals surface area contributed by atoms with E-state index in [2.05, 4.69) is 26.2 Å². The summed E-state index contributed by atoms with van der Waals surface area (Å²) >= 11 is 0. The number of rotatable bonds is 11. The third-order valence-electron chi connectivity index (χ3n) is 2.98. The molecule has 11 heteroatoms. The van der Waals surface area contributed by atoms with Gasteiger partial charge in [-0.3, -0.25) is 0 Å². The Hall–Kier alpha value is 0.844. The van der Waals surface area contributed by atoms with E-state index < -0.39 is 42.6 Å². The summed E-state index contributed by atoms with van der Waals surface area (Å²) in [6.07, 6.45) is 0.991. The highest BCUT2D eigenvalue weighted by Crippen LogP contribution is 2.26. The average Bonchev–Trinajstić information content (AvgIpc) is 2.16. The smallest absolute Gasteiger partial charge is 0.320 e. The van der Waals surface area contributed by atoms with Crippen molar-refractivity contribution in [3.8, 4) is 0 Å². The van der Waals surface area contributed by atoms with Crippen LogP contribution in [-0.2, 0) is 16.5 Å². The van der Waals surface area contributed by atoms with Gasteiger partial charge in [-0.2, -0.15) is 0 Å². The fourth-order valence-electron chi connectivity index (χ4n) is 3.09. The summed E-state index contributed by atoms with van der Waals surface area (Å²) in [5.74, 6) is 0. The van der Waals surface area contributed by atoms with E-state index in [0.29, 0.717) is 6.54 Å². The first-order chi connectivity index (χ1) is 10.4. The van der Waals surface area contributed by atoms with E-state index in [-0.39, 0.29) is 0 Å². The van der Waals surface area contributed by atoms with Gasteiger partial charge in [-0.1, -0.05) is 0 Å². The molecule has 0 aliphatic rings. The van der Waals surface area contributed by atoms with Crippen molar-refractivity contribution in [2.24, 2.45) is 5.73 Å². The van der Waals surface area contributed by atoms with Gasteiger partial charge in [0.25, 0.3) is 0 Å². The van der Waals surface area contributed by atoms with E-state index in [1.165, 1.54) is 0 Å². The van der Waals surface area contributed by atoms with Crippen LogP contribution in [0.2, 0.25) is 71.5 Å². The second-order valence-corrected chi connectivity index (χ2v) is 27.3. The fraction of sp³-hybridized carbons (Fsp3) is 1.00. The second-order valence-electron chi connectivity index (χ2n) is 8.71. The lowest BCUT2D eigenvalue weighted by molar-refractivity contribution is 0.280. The average molecular weight is 430 g/mol. The first kappa shape index (κ1) is 24.8. The molecule has 0 heterocycles. The lowest BCUT2D eigenvalue weighted by atomic mass is 10.5. The molecule has 0 aliphatic carbocycles. The molecule has 0 aromatic carbocycles. The highest BCUT2D eigenvalue weighted by atomic mass is 28.5.